The van der Waals surface area contributed by atoms with E-state index in [0.717, 1.165) is 37.0 Å². The first kappa shape index (κ1) is 20.5. The van der Waals surface area contributed by atoms with Gasteiger partial charge < -0.3 is 20.3 Å². The summed E-state index contributed by atoms with van der Waals surface area (Å²) in [5, 5.41) is 5.94. The first-order valence-corrected chi connectivity index (χ1v) is 10.6. The highest BCUT2D eigenvalue weighted by Gasteiger charge is 2.32. The van der Waals surface area contributed by atoms with Crippen molar-refractivity contribution in [1.82, 2.24) is 15.5 Å². The standard InChI is InChI=1S/C22H33N3O3/c1-28-20-13-9-17(10-14-20)16-25(19-11-12-19)21(26)8-5-15-23-22(27)24-18-6-3-2-4-7-18/h9-10,13-14,18-19H,2-8,11-12,15-16H2,1H3,(H2,23,24,27). The minimum atomic E-state index is -0.100. The van der Waals surface area contributed by atoms with Gasteiger partial charge in [0.05, 0.1) is 7.11 Å². The lowest BCUT2D eigenvalue weighted by molar-refractivity contribution is -0.132. The van der Waals surface area contributed by atoms with E-state index in [4.69, 9.17) is 4.74 Å². The average molecular weight is 388 g/mol. The molecule has 2 aliphatic rings. The number of amides is 3. The summed E-state index contributed by atoms with van der Waals surface area (Å²) >= 11 is 0. The molecule has 0 radical (unpaired) electrons. The zero-order valence-corrected chi connectivity index (χ0v) is 16.9. The molecular weight excluding hydrogens is 354 g/mol. The van der Waals surface area contributed by atoms with Crippen LogP contribution in [0.4, 0.5) is 4.79 Å². The molecule has 0 saturated heterocycles. The minimum Gasteiger partial charge on any atom is -0.497 e. The Hall–Kier alpha value is -2.24. The fourth-order valence-corrected chi connectivity index (χ4v) is 3.80. The van der Waals surface area contributed by atoms with Crippen LogP contribution < -0.4 is 15.4 Å². The summed E-state index contributed by atoms with van der Waals surface area (Å²) in [7, 11) is 1.65. The highest BCUT2D eigenvalue weighted by Crippen LogP contribution is 2.29. The van der Waals surface area contributed by atoms with Gasteiger partial charge in [0.1, 0.15) is 5.75 Å². The summed E-state index contributed by atoms with van der Waals surface area (Å²) in [6.45, 7) is 1.18. The smallest absolute Gasteiger partial charge is 0.315 e. The Morgan fingerprint density at radius 2 is 1.79 bits per heavy atom. The predicted molar refractivity (Wildman–Crippen MR) is 109 cm³/mol. The van der Waals surface area contributed by atoms with Gasteiger partial charge in [0, 0.05) is 31.6 Å². The van der Waals surface area contributed by atoms with Crippen molar-refractivity contribution < 1.29 is 14.3 Å². The molecule has 0 aliphatic heterocycles. The van der Waals surface area contributed by atoms with Gasteiger partial charge in [-0.3, -0.25) is 4.79 Å². The van der Waals surface area contributed by atoms with E-state index in [1.54, 1.807) is 7.11 Å². The van der Waals surface area contributed by atoms with Gasteiger partial charge in [0.15, 0.2) is 0 Å². The molecule has 0 spiro atoms. The number of hydrogen-bond donors (Lipinski definition) is 2. The van der Waals surface area contributed by atoms with Crippen LogP contribution in [0.25, 0.3) is 0 Å². The molecule has 0 aromatic heterocycles. The first-order chi connectivity index (χ1) is 13.7. The SMILES string of the molecule is COc1ccc(CN(C(=O)CCCNC(=O)NC2CCCCC2)C2CC2)cc1. The van der Waals surface area contributed by atoms with E-state index in [-0.39, 0.29) is 11.9 Å². The molecule has 0 heterocycles. The van der Waals surface area contributed by atoms with Crippen molar-refractivity contribution in [2.45, 2.75) is 76.4 Å². The molecule has 2 N–H and O–H groups in total. The molecule has 0 unspecified atom stereocenters. The van der Waals surface area contributed by atoms with Crippen LogP contribution in [0.3, 0.4) is 0 Å². The Balaban J connectivity index is 1.37. The molecule has 2 saturated carbocycles. The Kier molecular flexibility index (Phi) is 7.57. The van der Waals surface area contributed by atoms with Crippen molar-refractivity contribution in [2.75, 3.05) is 13.7 Å². The van der Waals surface area contributed by atoms with Crippen molar-refractivity contribution in [3.8, 4) is 5.75 Å². The summed E-state index contributed by atoms with van der Waals surface area (Å²) < 4.78 is 5.19. The maximum Gasteiger partial charge on any atom is 0.315 e. The summed E-state index contributed by atoms with van der Waals surface area (Å²) in [6.07, 6.45) is 9.14. The summed E-state index contributed by atoms with van der Waals surface area (Å²) in [6, 6.07) is 8.47. The Morgan fingerprint density at radius 3 is 2.43 bits per heavy atom. The van der Waals surface area contributed by atoms with Gasteiger partial charge in [-0.15, -0.1) is 0 Å². The van der Waals surface area contributed by atoms with Crippen LogP contribution in [-0.2, 0) is 11.3 Å². The van der Waals surface area contributed by atoms with E-state index >= 15 is 0 Å². The van der Waals surface area contributed by atoms with Gasteiger partial charge in [-0.25, -0.2) is 4.79 Å². The van der Waals surface area contributed by atoms with Gasteiger partial charge in [-0.2, -0.15) is 0 Å². The molecule has 2 fully saturated rings. The number of hydrogen-bond acceptors (Lipinski definition) is 3. The second-order valence-electron chi connectivity index (χ2n) is 7.94. The maximum absolute atomic E-state index is 12.7. The summed E-state index contributed by atoms with van der Waals surface area (Å²) in [5.41, 5.74) is 1.12. The highest BCUT2D eigenvalue weighted by molar-refractivity contribution is 5.77. The third kappa shape index (κ3) is 6.43. The van der Waals surface area contributed by atoms with Crippen LogP contribution in [-0.4, -0.2) is 42.6 Å². The van der Waals surface area contributed by atoms with Crippen LogP contribution in [0.15, 0.2) is 24.3 Å². The third-order valence-corrected chi connectivity index (χ3v) is 5.61. The molecule has 154 valence electrons. The zero-order valence-electron chi connectivity index (χ0n) is 16.9. The average Bonchev–Trinajstić information content (AvgIpc) is 3.55. The molecule has 6 heteroatoms. The molecule has 6 nitrogen and oxygen atoms in total. The van der Waals surface area contributed by atoms with Crippen molar-refractivity contribution in [2.24, 2.45) is 0 Å². The van der Waals surface area contributed by atoms with E-state index in [1.807, 2.05) is 29.2 Å². The predicted octanol–water partition coefficient (Wildman–Crippen LogP) is 3.60. The third-order valence-electron chi connectivity index (χ3n) is 5.61. The maximum atomic E-state index is 12.7. The number of rotatable bonds is 9. The number of nitrogens with zero attached hydrogens (tertiary/aromatic N) is 1. The van der Waals surface area contributed by atoms with Gasteiger partial charge in [-0.1, -0.05) is 31.4 Å². The molecule has 0 atom stereocenters. The number of carbonyl (C=O) groups excluding carboxylic acids is 2. The number of urea groups is 1. The zero-order chi connectivity index (χ0) is 19.8. The highest BCUT2D eigenvalue weighted by atomic mass is 16.5. The second kappa shape index (κ2) is 10.3. The lowest BCUT2D eigenvalue weighted by Crippen LogP contribution is -2.43. The molecule has 1 aromatic rings. The van der Waals surface area contributed by atoms with Crippen LogP contribution in [0.1, 0.15) is 63.4 Å². The van der Waals surface area contributed by atoms with Crippen LogP contribution >= 0.6 is 0 Å². The Bertz CT molecular complexity index is 637. The molecule has 3 rings (SSSR count). The van der Waals surface area contributed by atoms with Crippen molar-refractivity contribution in [3.63, 3.8) is 0 Å². The van der Waals surface area contributed by atoms with Gasteiger partial charge in [-0.05, 0) is 49.8 Å². The quantitative estimate of drug-likeness (QED) is 0.636. The van der Waals surface area contributed by atoms with Crippen molar-refractivity contribution >= 4 is 11.9 Å². The molecule has 1 aromatic carbocycles. The summed E-state index contributed by atoms with van der Waals surface area (Å²) in [4.78, 5) is 26.7. The Morgan fingerprint density at radius 1 is 1.07 bits per heavy atom. The van der Waals surface area contributed by atoms with E-state index in [1.165, 1.54) is 19.3 Å². The van der Waals surface area contributed by atoms with Crippen molar-refractivity contribution in [1.29, 1.82) is 0 Å². The molecule has 2 aliphatic carbocycles. The number of benzene rings is 1. The van der Waals surface area contributed by atoms with Crippen LogP contribution in [0.5, 0.6) is 5.75 Å². The summed E-state index contributed by atoms with van der Waals surface area (Å²) in [5.74, 6) is 0.999. The fraction of sp³-hybridized carbons (Fsp3) is 0.636. The second-order valence-corrected chi connectivity index (χ2v) is 7.94. The molecule has 0 bridgehead atoms. The molecule has 3 amide bonds. The number of carbonyl (C=O) groups is 2. The van der Waals surface area contributed by atoms with E-state index in [2.05, 4.69) is 10.6 Å². The lowest BCUT2D eigenvalue weighted by Gasteiger charge is -2.23. The van der Waals surface area contributed by atoms with Crippen LogP contribution in [0.2, 0.25) is 0 Å². The fourth-order valence-electron chi connectivity index (χ4n) is 3.80. The lowest BCUT2D eigenvalue weighted by atomic mass is 9.96. The topological polar surface area (TPSA) is 70.7 Å². The van der Waals surface area contributed by atoms with E-state index in [0.29, 0.717) is 38.0 Å². The number of nitrogens with one attached hydrogen (secondary N) is 2. The van der Waals surface area contributed by atoms with E-state index < -0.39 is 0 Å². The van der Waals surface area contributed by atoms with Gasteiger partial charge in [0.25, 0.3) is 0 Å². The van der Waals surface area contributed by atoms with Gasteiger partial charge in [0.2, 0.25) is 5.91 Å². The minimum absolute atomic E-state index is 0.100. The number of methoxy groups -OCH3 is 1. The Labute approximate surface area is 168 Å². The van der Waals surface area contributed by atoms with Gasteiger partial charge >= 0.3 is 6.03 Å². The normalized spacial score (nSPS) is 17.0. The van der Waals surface area contributed by atoms with Crippen LogP contribution in [0, 0.1) is 0 Å². The number of ether oxygens (including phenoxy) is 1. The van der Waals surface area contributed by atoms with Crippen molar-refractivity contribution in [3.05, 3.63) is 29.8 Å². The molecular formula is C22H33N3O3. The monoisotopic (exact) mass is 387 g/mol. The largest absolute Gasteiger partial charge is 0.497 e. The molecule has 28 heavy (non-hydrogen) atoms. The first-order valence-electron chi connectivity index (χ1n) is 10.6. The van der Waals surface area contributed by atoms with E-state index in [9.17, 15) is 9.59 Å².